The van der Waals surface area contributed by atoms with E-state index in [2.05, 4.69) is 69.1 Å². The predicted octanol–water partition coefficient (Wildman–Crippen LogP) is 5.67. The van der Waals surface area contributed by atoms with E-state index in [0.717, 1.165) is 103 Å². The van der Waals surface area contributed by atoms with Gasteiger partial charge in [-0.15, -0.1) is 0 Å². The Kier molecular flexibility index (Phi) is 11.2. The van der Waals surface area contributed by atoms with E-state index in [1.54, 1.807) is 0 Å². The van der Waals surface area contributed by atoms with Crippen molar-refractivity contribution in [3.05, 3.63) is 72.6 Å². The fraction of sp³-hybridized carbons (Fsp3) is 0.500. The molecule has 2 aliphatic heterocycles. The average Bonchev–Trinajstić information content (AvgIpc) is 4.08. The van der Waals surface area contributed by atoms with Gasteiger partial charge in [-0.3, -0.25) is 14.9 Å². The van der Waals surface area contributed by atoms with Crippen molar-refractivity contribution in [2.45, 2.75) is 94.8 Å². The van der Waals surface area contributed by atoms with Crippen molar-refractivity contribution in [1.29, 1.82) is 0 Å². The van der Waals surface area contributed by atoms with Crippen molar-refractivity contribution in [3.8, 4) is 33.6 Å². The Bertz CT molecular complexity index is 2000. The molecule has 4 aromatic rings. The topological polar surface area (TPSA) is 178 Å². The largest absolute Gasteiger partial charge is 0.453 e. The molecule has 4 fully saturated rings. The van der Waals surface area contributed by atoms with E-state index >= 15 is 0 Å². The normalized spacial score (nSPS) is 25.5. The first kappa shape index (κ1) is 37.9. The van der Waals surface area contributed by atoms with Crippen LogP contribution < -0.4 is 10.6 Å². The van der Waals surface area contributed by atoms with Crippen molar-refractivity contribution in [3.63, 3.8) is 0 Å². The molecule has 2 aliphatic carbocycles. The first-order valence-electron chi connectivity index (χ1n) is 20.0. The fourth-order valence-corrected chi connectivity index (χ4v) is 9.28. The van der Waals surface area contributed by atoms with Crippen molar-refractivity contribution >= 4 is 17.9 Å². The van der Waals surface area contributed by atoms with E-state index in [1.807, 2.05) is 22.2 Å². The van der Waals surface area contributed by atoms with Gasteiger partial charge in [0, 0.05) is 44.1 Å². The summed E-state index contributed by atoms with van der Waals surface area (Å²) >= 11 is 0. The highest BCUT2D eigenvalue weighted by atomic mass is 16.6. The van der Waals surface area contributed by atoms with Crippen LogP contribution in [0.25, 0.3) is 33.6 Å². The molecule has 8 rings (SSSR count). The third kappa shape index (κ3) is 7.95. The molecule has 56 heavy (non-hydrogen) atoms. The summed E-state index contributed by atoms with van der Waals surface area (Å²) in [5.41, 5.74) is 6.06. The van der Waals surface area contributed by atoms with Crippen LogP contribution >= 0.6 is 0 Å². The smallest absolute Gasteiger partial charge is 0.407 e. The summed E-state index contributed by atoms with van der Waals surface area (Å²) < 4.78 is 9.66. The summed E-state index contributed by atoms with van der Waals surface area (Å²) in [7, 11) is 2.80. The molecule has 296 valence electrons. The van der Waals surface area contributed by atoms with E-state index in [-0.39, 0.29) is 47.8 Å². The summed E-state index contributed by atoms with van der Waals surface area (Å²) in [6, 6.07) is 16.7. The van der Waals surface area contributed by atoms with Gasteiger partial charge in [0.2, 0.25) is 18.2 Å². The first-order chi connectivity index (χ1) is 27.3. The van der Waals surface area contributed by atoms with Gasteiger partial charge < -0.3 is 39.7 Å². The average molecular weight is 765 g/mol. The van der Waals surface area contributed by atoms with E-state index in [9.17, 15) is 19.5 Å². The number of alkyl carbamates (subject to hydrolysis) is 1. The quantitative estimate of drug-likeness (QED) is 0.121. The first-order valence-corrected chi connectivity index (χ1v) is 20.0. The van der Waals surface area contributed by atoms with Crippen molar-refractivity contribution in [2.75, 3.05) is 27.3 Å². The third-order valence-electron chi connectivity index (χ3n) is 12.3. The molecular formula is C42H52N8O6. The summed E-state index contributed by atoms with van der Waals surface area (Å²) in [6.45, 7) is 1.44. The second-order valence-corrected chi connectivity index (χ2v) is 15.7. The number of H-pyrrole nitrogens is 2. The van der Waals surface area contributed by atoms with Gasteiger partial charge in [-0.1, -0.05) is 48.5 Å². The molecule has 0 bridgehead atoms. The standard InChI is InChI=1S/C42H52N8O6/c1-55-41(53)45-31-17-15-29(21-31)39(51)49-19-3-5-35(49)37-43-23-33(47-37)27-11-7-25(8-12-27)26-9-13-28(14-10-26)34-24-44-38(48-34)36-6-4-20-50(36)40(52)30-16-18-32(22-30)46-42(54)56-2/h7-14,23-24,29-32,35-36,41,45,53H,3-6,15-22H2,1-2H3,(H,43,47)(H,44,48)(H,46,54)/t29-,30-,31+,32+,35+,36+,41?/m1/s1. The van der Waals surface area contributed by atoms with Crippen LogP contribution in [0.3, 0.4) is 0 Å². The number of benzene rings is 2. The number of aliphatic hydroxyl groups excluding tert-OH is 1. The number of rotatable bonds is 11. The number of carbonyl (C=O) groups is 3. The lowest BCUT2D eigenvalue weighted by atomic mass is 10.0. The fourth-order valence-electron chi connectivity index (χ4n) is 9.28. The maximum Gasteiger partial charge on any atom is 0.407 e. The zero-order valence-corrected chi connectivity index (χ0v) is 32.1. The molecule has 7 atom stereocenters. The van der Waals surface area contributed by atoms with Crippen LogP contribution in [0.4, 0.5) is 4.79 Å². The molecular weight excluding hydrogens is 713 g/mol. The lowest BCUT2D eigenvalue weighted by Gasteiger charge is -2.26. The van der Waals surface area contributed by atoms with Crippen LogP contribution in [0, 0.1) is 11.8 Å². The zero-order valence-electron chi connectivity index (χ0n) is 32.1. The molecule has 4 heterocycles. The number of likely N-dealkylation sites (tertiary alicyclic amines) is 2. The van der Waals surface area contributed by atoms with E-state index in [4.69, 9.17) is 19.4 Å². The van der Waals surface area contributed by atoms with Crippen LogP contribution in [-0.4, -0.2) is 98.6 Å². The Morgan fingerprint density at radius 1 is 0.696 bits per heavy atom. The molecule has 2 aromatic carbocycles. The van der Waals surface area contributed by atoms with E-state index < -0.39 is 12.5 Å². The number of amides is 3. The molecule has 2 saturated heterocycles. The third-order valence-corrected chi connectivity index (χ3v) is 12.3. The van der Waals surface area contributed by atoms with Crippen LogP contribution in [0.2, 0.25) is 0 Å². The Hall–Kier alpha value is -5.05. The Balaban J connectivity index is 0.874. The zero-order chi connectivity index (χ0) is 38.8. The second-order valence-electron chi connectivity index (χ2n) is 15.7. The lowest BCUT2D eigenvalue weighted by Crippen LogP contribution is -2.39. The molecule has 1 unspecified atom stereocenters. The van der Waals surface area contributed by atoms with E-state index in [1.165, 1.54) is 14.2 Å². The van der Waals surface area contributed by atoms with Gasteiger partial charge >= 0.3 is 6.09 Å². The highest BCUT2D eigenvalue weighted by Crippen LogP contribution is 2.38. The predicted molar refractivity (Wildman–Crippen MR) is 208 cm³/mol. The van der Waals surface area contributed by atoms with Gasteiger partial charge in [-0.2, -0.15) is 0 Å². The minimum atomic E-state index is -1.01. The Morgan fingerprint density at radius 2 is 1.16 bits per heavy atom. The number of hydrogen-bond acceptors (Lipinski definition) is 9. The van der Waals surface area contributed by atoms with Gasteiger partial charge in [0.25, 0.3) is 0 Å². The van der Waals surface area contributed by atoms with Crippen molar-refractivity contribution < 1.29 is 29.0 Å². The van der Waals surface area contributed by atoms with Crippen molar-refractivity contribution in [2.24, 2.45) is 11.8 Å². The number of nitrogens with zero attached hydrogens (tertiary/aromatic N) is 4. The molecule has 4 aliphatic rings. The van der Waals surface area contributed by atoms with Gasteiger partial charge in [-0.05, 0) is 86.5 Å². The number of aromatic amines is 2. The van der Waals surface area contributed by atoms with Gasteiger partial charge in [0.15, 0.2) is 0 Å². The summed E-state index contributed by atoms with van der Waals surface area (Å²) in [4.78, 5) is 59.2. The SMILES string of the molecule is COC(=O)N[C@H]1CC[C@@H](C(=O)N2CCC[C@H]2c2ncc(-c3ccc(-c4ccc(-c5cnc([C@@H]6CCCN6C(=O)[C@@H]6CC[C@H](NC(O)OC)C6)[nH]5)cc4)cc3)[nH]2)C1. The minimum Gasteiger partial charge on any atom is -0.453 e. The highest BCUT2D eigenvalue weighted by Gasteiger charge is 2.40. The number of imidazole rings is 2. The van der Waals surface area contributed by atoms with Crippen LogP contribution in [0.15, 0.2) is 60.9 Å². The summed E-state index contributed by atoms with van der Waals surface area (Å²) in [5.74, 6) is 1.76. The molecule has 14 nitrogen and oxygen atoms in total. The van der Waals surface area contributed by atoms with E-state index in [0.29, 0.717) is 19.4 Å². The van der Waals surface area contributed by atoms with Crippen LogP contribution in [0.1, 0.15) is 87.9 Å². The number of methoxy groups -OCH3 is 2. The Labute approximate surface area is 326 Å². The number of nitrogens with one attached hydrogen (secondary N) is 4. The lowest BCUT2D eigenvalue weighted by molar-refractivity contribution is -0.137. The number of hydrogen-bond donors (Lipinski definition) is 5. The Morgan fingerprint density at radius 3 is 1.64 bits per heavy atom. The van der Waals surface area contributed by atoms with Crippen LogP contribution in [-0.2, 0) is 19.1 Å². The van der Waals surface area contributed by atoms with Crippen LogP contribution in [0.5, 0.6) is 0 Å². The van der Waals surface area contributed by atoms with Gasteiger partial charge in [0.1, 0.15) is 11.6 Å². The number of aromatic nitrogens is 4. The second kappa shape index (κ2) is 16.6. The molecule has 2 saturated carbocycles. The highest BCUT2D eigenvalue weighted by molar-refractivity contribution is 5.81. The maximum absolute atomic E-state index is 13.6. The van der Waals surface area contributed by atoms with Gasteiger partial charge in [0.05, 0.1) is 43.0 Å². The molecule has 0 radical (unpaired) electrons. The molecule has 0 spiro atoms. The molecule has 2 aromatic heterocycles. The molecule has 3 amide bonds. The minimum absolute atomic E-state index is 0.0372. The summed E-state index contributed by atoms with van der Waals surface area (Å²) in [5, 5.41) is 15.7. The number of ether oxygens (including phenoxy) is 2. The van der Waals surface area contributed by atoms with Gasteiger partial charge in [-0.25, -0.2) is 14.8 Å². The monoisotopic (exact) mass is 764 g/mol. The van der Waals surface area contributed by atoms with Crippen molar-refractivity contribution in [1.82, 2.24) is 40.4 Å². The molecule has 14 heteroatoms. The number of carbonyl (C=O) groups excluding carboxylic acids is 3. The maximum atomic E-state index is 13.6. The molecule has 5 N–H and O–H groups in total. The number of aliphatic hydroxyl groups is 1. The summed E-state index contributed by atoms with van der Waals surface area (Å²) in [6.07, 6.45) is 10.3.